The molecule has 0 spiro atoms. The Kier molecular flexibility index (Phi) is 7.49. The van der Waals surface area contributed by atoms with Gasteiger partial charge in [0.05, 0.1) is 23.7 Å². The highest BCUT2D eigenvalue weighted by Gasteiger charge is 2.11. The Balaban J connectivity index is 1.26. The normalized spacial score (nSPS) is 11.0. The number of anilines is 1. The molecule has 0 saturated carbocycles. The standard InChI is InChI=1S/C24H23FN4O3S2/c1-32-20-11-10-15(13-17(20)25)19-14-34-23(26-19)28-21(30)9-3-2-6-12-29-22(31)16-7-4-5-8-18(16)27-24(29)33/h4-5,7-8,10-11,13-14H,2-3,6,9,12H2,1H3,(H,27,33)(H,26,28,30). The number of methoxy groups -OCH3 is 1. The number of hydrogen-bond donors (Lipinski definition) is 2. The lowest BCUT2D eigenvalue weighted by Gasteiger charge is -2.08. The highest BCUT2D eigenvalue weighted by atomic mass is 32.1. The van der Waals surface area contributed by atoms with Crippen LogP contribution in [0.15, 0.2) is 52.6 Å². The summed E-state index contributed by atoms with van der Waals surface area (Å²) in [4.78, 5) is 32.4. The smallest absolute Gasteiger partial charge is 0.262 e. The topological polar surface area (TPSA) is 89.0 Å². The lowest BCUT2D eigenvalue weighted by Crippen LogP contribution is -2.22. The van der Waals surface area contributed by atoms with Gasteiger partial charge in [-0.1, -0.05) is 18.6 Å². The molecule has 0 unspecified atom stereocenters. The maximum absolute atomic E-state index is 13.9. The van der Waals surface area contributed by atoms with E-state index >= 15 is 0 Å². The number of aromatic amines is 1. The number of para-hydroxylation sites is 1. The van der Waals surface area contributed by atoms with Crippen LogP contribution >= 0.6 is 23.6 Å². The Hall–Kier alpha value is -3.37. The van der Waals surface area contributed by atoms with E-state index in [1.807, 2.05) is 18.2 Å². The molecule has 34 heavy (non-hydrogen) atoms. The minimum atomic E-state index is -0.467. The predicted octanol–water partition coefficient (Wildman–Crippen LogP) is 5.53. The van der Waals surface area contributed by atoms with Crippen molar-refractivity contribution in [3.8, 4) is 17.0 Å². The summed E-state index contributed by atoms with van der Waals surface area (Å²) in [6, 6.07) is 11.9. The van der Waals surface area contributed by atoms with Gasteiger partial charge in [-0.25, -0.2) is 9.37 Å². The zero-order valence-corrected chi connectivity index (χ0v) is 20.1. The minimum Gasteiger partial charge on any atom is -0.494 e. The summed E-state index contributed by atoms with van der Waals surface area (Å²) in [5.74, 6) is -0.437. The van der Waals surface area contributed by atoms with Gasteiger partial charge in [0.25, 0.3) is 5.56 Å². The number of aromatic nitrogens is 3. The number of benzene rings is 2. The van der Waals surface area contributed by atoms with E-state index in [-0.39, 0.29) is 17.2 Å². The van der Waals surface area contributed by atoms with Gasteiger partial charge in [0.1, 0.15) is 0 Å². The van der Waals surface area contributed by atoms with Crippen molar-refractivity contribution in [3.05, 3.63) is 68.8 Å². The van der Waals surface area contributed by atoms with E-state index < -0.39 is 5.82 Å². The summed E-state index contributed by atoms with van der Waals surface area (Å²) < 4.78 is 20.8. The Morgan fingerprint density at radius 2 is 2.06 bits per heavy atom. The third-order valence-electron chi connectivity index (χ3n) is 5.37. The first-order valence-corrected chi connectivity index (χ1v) is 12.1. The number of H-pyrrole nitrogens is 1. The first-order valence-electron chi connectivity index (χ1n) is 10.8. The van der Waals surface area contributed by atoms with Crippen molar-refractivity contribution in [2.75, 3.05) is 12.4 Å². The number of carbonyl (C=O) groups excluding carboxylic acids is 1. The van der Waals surface area contributed by atoms with Crippen LogP contribution in [0.5, 0.6) is 5.75 Å². The quantitative estimate of drug-likeness (QED) is 0.234. The fourth-order valence-corrected chi connectivity index (χ4v) is 4.63. The third kappa shape index (κ3) is 5.40. The number of thiazole rings is 1. The van der Waals surface area contributed by atoms with Crippen molar-refractivity contribution >= 4 is 45.5 Å². The fraction of sp³-hybridized carbons (Fsp3) is 0.250. The molecular formula is C24H23FN4O3S2. The van der Waals surface area contributed by atoms with Gasteiger partial charge in [0.2, 0.25) is 5.91 Å². The van der Waals surface area contributed by atoms with E-state index in [0.717, 1.165) is 18.4 Å². The zero-order chi connectivity index (χ0) is 24.1. The number of amides is 1. The van der Waals surface area contributed by atoms with Gasteiger partial charge in [-0.15, -0.1) is 11.3 Å². The maximum atomic E-state index is 13.9. The first kappa shape index (κ1) is 23.8. The van der Waals surface area contributed by atoms with Gasteiger partial charge in [0.15, 0.2) is 21.5 Å². The van der Waals surface area contributed by atoms with Crippen LogP contribution in [-0.4, -0.2) is 27.6 Å². The fourth-order valence-electron chi connectivity index (χ4n) is 3.61. The van der Waals surface area contributed by atoms with Crippen LogP contribution in [0.4, 0.5) is 9.52 Å². The summed E-state index contributed by atoms with van der Waals surface area (Å²) >= 11 is 6.61. The number of nitrogens with one attached hydrogen (secondary N) is 2. The van der Waals surface area contributed by atoms with Crippen molar-refractivity contribution in [3.63, 3.8) is 0 Å². The predicted molar refractivity (Wildman–Crippen MR) is 135 cm³/mol. The Labute approximate surface area is 204 Å². The minimum absolute atomic E-state index is 0.103. The molecule has 0 aliphatic rings. The average molecular weight is 499 g/mol. The highest BCUT2D eigenvalue weighted by Crippen LogP contribution is 2.28. The number of unbranched alkanes of at least 4 members (excludes halogenated alkanes) is 2. The van der Waals surface area contributed by atoms with Crippen LogP contribution in [-0.2, 0) is 11.3 Å². The molecule has 4 aromatic rings. The molecule has 2 heterocycles. The molecule has 1 amide bonds. The zero-order valence-electron chi connectivity index (χ0n) is 18.5. The number of nitrogens with zero attached hydrogens (tertiary/aromatic N) is 2. The van der Waals surface area contributed by atoms with Crippen LogP contribution in [0.1, 0.15) is 25.7 Å². The molecule has 0 saturated heterocycles. The van der Waals surface area contributed by atoms with Crippen LogP contribution in [0.25, 0.3) is 22.2 Å². The molecular weight excluding hydrogens is 475 g/mol. The van der Waals surface area contributed by atoms with E-state index in [0.29, 0.717) is 45.9 Å². The van der Waals surface area contributed by atoms with Crippen molar-refractivity contribution in [2.24, 2.45) is 0 Å². The van der Waals surface area contributed by atoms with Crippen LogP contribution in [0.2, 0.25) is 0 Å². The van der Waals surface area contributed by atoms with Crippen LogP contribution in [0, 0.1) is 10.6 Å². The molecule has 2 aromatic heterocycles. The molecule has 7 nitrogen and oxygen atoms in total. The molecule has 0 aliphatic heterocycles. The number of halogens is 1. The Bertz CT molecular complexity index is 1440. The van der Waals surface area contributed by atoms with Crippen molar-refractivity contribution < 1.29 is 13.9 Å². The van der Waals surface area contributed by atoms with E-state index in [1.54, 1.807) is 28.1 Å². The molecule has 0 radical (unpaired) electrons. The van der Waals surface area contributed by atoms with Gasteiger partial charge in [-0.3, -0.25) is 14.2 Å². The monoisotopic (exact) mass is 498 g/mol. The molecule has 0 bridgehead atoms. The van der Waals surface area contributed by atoms with Crippen LogP contribution < -0.4 is 15.6 Å². The van der Waals surface area contributed by atoms with Gasteiger partial charge in [-0.05, 0) is 55.4 Å². The summed E-state index contributed by atoms with van der Waals surface area (Å²) in [5.41, 5.74) is 1.82. The number of carbonyl (C=O) groups is 1. The largest absolute Gasteiger partial charge is 0.494 e. The first-order chi connectivity index (χ1) is 16.5. The Morgan fingerprint density at radius 1 is 1.24 bits per heavy atom. The molecule has 0 aliphatic carbocycles. The molecule has 4 rings (SSSR count). The van der Waals surface area contributed by atoms with Crippen LogP contribution in [0.3, 0.4) is 0 Å². The van der Waals surface area contributed by atoms with E-state index in [4.69, 9.17) is 17.0 Å². The van der Waals surface area contributed by atoms with Crippen molar-refractivity contribution in [1.29, 1.82) is 0 Å². The van der Waals surface area contributed by atoms with Crippen molar-refractivity contribution in [1.82, 2.24) is 14.5 Å². The molecule has 0 fully saturated rings. The summed E-state index contributed by atoms with van der Waals surface area (Å²) in [6.07, 6.45) is 2.52. The second-order valence-electron chi connectivity index (χ2n) is 7.68. The molecule has 176 valence electrons. The Morgan fingerprint density at radius 3 is 2.85 bits per heavy atom. The van der Waals surface area contributed by atoms with Crippen molar-refractivity contribution in [2.45, 2.75) is 32.2 Å². The van der Waals surface area contributed by atoms with Gasteiger partial charge in [-0.2, -0.15) is 0 Å². The maximum Gasteiger partial charge on any atom is 0.262 e. The average Bonchev–Trinajstić information content (AvgIpc) is 3.29. The number of ether oxygens (including phenoxy) is 1. The second kappa shape index (κ2) is 10.7. The summed E-state index contributed by atoms with van der Waals surface area (Å²) in [5, 5.41) is 5.63. The number of hydrogen-bond acceptors (Lipinski definition) is 6. The molecule has 2 N–H and O–H groups in total. The second-order valence-corrected chi connectivity index (χ2v) is 8.92. The third-order valence-corrected chi connectivity index (χ3v) is 6.45. The van der Waals surface area contributed by atoms with Gasteiger partial charge >= 0.3 is 0 Å². The SMILES string of the molecule is COc1ccc(-c2csc(NC(=O)CCCCCn3c(=S)[nH]c4ccccc4c3=O)n2)cc1F. The van der Waals surface area contributed by atoms with E-state index in [1.165, 1.54) is 24.5 Å². The summed E-state index contributed by atoms with van der Waals surface area (Å²) in [6.45, 7) is 0.495. The van der Waals surface area contributed by atoms with E-state index in [2.05, 4.69) is 15.3 Å². The highest BCUT2D eigenvalue weighted by molar-refractivity contribution is 7.71. The lowest BCUT2D eigenvalue weighted by atomic mass is 10.1. The molecule has 10 heteroatoms. The summed E-state index contributed by atoms with van der Waals surface area (Å²) in [7, 11) is 1.41. The molecule has 0 atom stereocenters. The molecule has 2 aromatic carbocycles. The lowest BCUT2D eigenvalue weighted by molar-refractivity contribution is -0.116. The van der Waals surface area contributed by atoms with Gasteiger partial charge < -0.3 is 15.0 Å². The van der Waals surface area contributed by atoms with E-state index in [9.17, 15) is 14.0 Å². The number of fused-ring (bicyclic) bond motifs is 1. The number of rotatable bonds is 9. The van der Waals surface area contributed by atoms with Gasteiger partial charge in [0, 0.05) is 23.9 Å².